The van der Waals surface area contributed by atoms with Gasteiger partial charge in [-0.2, -0.15) is 0 Å². The van der Waals surface area contributed by atoms with E-state index in [4.69, 9.17) is 4.74 Å². The fourth-order valence-corrected chi connectivity index (χ4v) is 3.50. The molecule has 2 aromatic carbocycles. The second kappa shape index (κ2) is 4.52. The fraction of sp³-hybridized carbons (Fsp3) is 0.222. The Balaban J connectivity index is 2.04. The van der Waals surface area contributed by atoms with Crippen LogP contribution in [0.1, 0.15) is 34.5 Å². The normalized spacial score (nSPS) is 23.1. The van der Waals surface area contributed by atoms with Crippen LogP contribution in [-0.4, -0.2) is 16.7 Å². The summed E-state index contributed by atoms with van der Waals surface area (Å²) in [4.78, 5) is 25.1. The molecule has 0 spiro atoms. The van der Waals surface area contributed by atoms with Crippen molar-refractivity contribution in [1.29, 1.82) is 0 Å². The Labute approximate surface area is 127 Å². The molecule has 2 aliphatic rings. The van der Waals surface area contributed by atoms with Gasteiger partial charge in [-0.3, -0.25) is 9.59 Å². The minimum Gasteiger partial charge on any atom is -0.492 e. The van der Waals surface area contributed by atoms with Crippen molar-refractivity contribution in [3.63, 3.8) is 0 Å². The number of carbonyl (C=O) groups excluding carboxylic acids is 2. The lowest BCUT2D eigenvalue weighted by Gasteiger charge is -2.27. The highest BCUT2D eigenvalue weighted by Gasteiger charge is 2.46. The van der Waals surface area contributed by atoms with E-state index >= 15 is 0 Å². The molecule has 1 N–H and O–H groups in total. The van der Waals surface area contributed by atoms with Gasteiger partial charge in [0.2, 0.25) is 11.6 Å². The van der Waals surface area contributed by atoms with E-state index in [0.717, 1.165) is 22.1 Å². The van der Waals surface area contributed by atoms with Crippen LogP contribution >= 0.6 is 0 Å². The predicted octanol–water partition coefficient (Wildman–Crippen LogP) is 2.69. The average molecular weight is 294 g/mol. The number of ketones is 2. The fourth-order valence-electron chi connectivity index (χ4n) is 3.50. The van der Waals surface area contributed by atoms with E-state index in [1.807, 2.05) is 31.2 Å². The van der Waals surface area contributed by atoms with Crippen LogP contribution in [0.4, 0.5) is 0 Å². The van der Waals surface area contributed by atoms with Crippen molar-refractivity contribution in [2.24, 2.45) is 5.92 Å². The van der Waals surface area contributed by atoms with Crippen LogP contribution in [0.3, 0.4) is 0 Å². The summed E-state index contributed by atoms with van der Waals surface area (Å²) in [5, 5.41) is 11.0. The number of carbonyl (C=O) groups is 2. The molecule has 4 nitrogen and oxygen atoms in total. The molecule has 0 aromatic heterocycles. The molecule has 22 heavy (non-hydrogen) atoms. The van der Waals surface area contributed by atoms with Crippen LogP contribution in [-0.2, 0) is 16.1 Å². The number of fused-ring (bicyclic) bond motifs is 5. The quantitative estimate of drug-likeness (QED) is 0.821. The number of benzene rings is 2. The first kappa shape index (κ1) is 13.2. The highest BCUT2D eigenvalue weighted by molar-refractivity contribution is 6.48. The molecule has 0 bridgehead atoms. The summed E-state index contributed by atoms with van der Waals surface area (Å²) in [7, 11) is 0. The lowest BCUT2D eigenvalue weighted by Crippen LogP contribution is -2.34. The van der Waals surface area contributed by atoms with Crippen molar-refractivity contribution < 1.29 is 19.4 Å². The van der Waals surface area contributed by atoms with Crippen LogP contribution in [0.5, 0.6) is 0 Å². The van der Waals surface area contributed by atoms with Gasteiger partial charge in [-0.1, -0.05) is 30.3 Å². The van der Waals surface area contributed by atoms with Gasteiger partial charge in [-0.05, 0) is 28.8 Å². The zero-order valence-electron chi connectivity index (χ0n) is 12.0. The Morgan fingerprint density at radius 3 is 2.73 bits per heavy atom. The number of hydrogen-bond acceptors (Lipinski definition) is 4. The Morgan fingerprint density at radius 1 is 1.14 bits per heavy atom. The molecule has 4 rings (SSSR count). The van der Waals surface area contributed by atoms with Gasteiger partial charge < -0.3 is 9.84 Å². The summed E-state index contributed by atoms with van der Waals surface area (Å²) >= 11 is 0. The van der Waals surface area contributed by atoms with Crippen molar-refractivity contribution in [3.8, 4) is 0 Å². The van der Waals surface area contributed by atoms with Gasteiger partial charge in [0.15, 0.2) is 0 Å². The number of Topliss-reactive ketones (excluding diaryl/α,β-unsaturated/α-hetero) is 2. The zero-order chi connectivity index (χ0) is 15.4. The molecule has 0 saturated carbocycles. The van der Waals surface area contributed by atoms with Gasteiger partial charge in [0.05, 0.1) is 18.8 Å². The van der Waals surface area contributed by atoms with Crippen molar-refractivity contribution in [3.05, 3.63) is 58.9 Å². The van der Waals surface area contributed by atoms with Gasteiger partial charge in [-0.15, -0.1) is 0 Å². The highest BCUT2D eigenvalue weighted by Crippen LogP contribution is 2.45. The molecule has 0 radical (unpaired) electrons. The topological polar surface area (TPSA) is 63.6 Å². The summed E-state index contributed by atoms with van der Waals surface area (Å²) in [6, 6.07) is 9.14. The van der Waals surface area contributed by atoms with E-state index in [0.29, 0.717) is 10.9 Å². The largest absolute Gasteiger partial charge is 0.492 e. The Morgan fingerprint density at radius 2 is 1.95 bits per heavy atom. The second-order valence-electron chi connectivity index (χ2n) is 5.79. The van der Waals surface area contributed by atoms with Crippen LogP contribution < -0.4 is 0 Å². The minimum atomic E-state index is -0.501. The maximum absolute atomic E-state index is 12.6. The molecule has 1 aliphatic carbocycles. The molecule has 0 fully saturated rings. The SMILES string of the molecule is CC1=CO[C@H]2c3ccc4c(CO)cccc4c3C(=O)C(=O)[C@@H]12. The van der Waals surface area contributed by atoms with Crippen molar-refractivity contribution >= 4 is 22.3 Å². The number of ether oxygens (including phenoxy) is 1. The number of aliphatic hydroxyl groups is 1. The number of aliphatic hydroxyl groups excluding tert-OH is 1. The Hall–Kier alpha value is -2.46. The maximum atomic E-state index is 12.6. The van der Waals surface area contributed by atoms with E-state index in [1.54, 1.807) is 12.3 Å². The molecule has 0 unspecified atom stereocenters. The number of rotatable bonds is 1. The third kappa shape index (κ3) is 1.56. The van der Waals surface area contributed by atoms with Gasteiger partial charge in [-0.25, -0.2) is 0 Å². The average Bonchev–Trinajstić information content (AvgIpc) is 2.93. The van der Waals surface area contributed by atoms with E-state index in [9.17, 15) is 14.7 Å². The summed E-state index contributed by atoms with van der Waals surface area (Å²) in [5.41, 5.74) is 2.70. The molecule has 2 atom stereocenters. The highest BCUT2D eigenvalue weighted by atomic mass is 16.5. The molecular formula is C18H14O4. The molecule has 0 amide bonds. The summed E-state index contributed by atoms with van der Waals surface area (Å²) in [5.74, 6) is -1.38. The standard InChI is InChI=1S/C18H14O4/c1-9-8-22-18-13-6-5-11-10(7-19)3-2-4-12(11)15(13)17(21)16(20)14(9)18/h2-6,8,14,18-19H,7H2,1H3/t14-,18+/m1/s1. The molecule has 0 saturated heterocycles. The van der Waals surface area contributed by atoms with E-state index in [2.05, 4.69) is 0 Å². The van der Waals surface area contributed by atoms with E-state index < -0.39 is 23.6 Å². The number of hydrogen-bond donors (Lipinski definition) is 1. The first-order chi connectivity index (χ1) is 10.6. The Bertz CT molecular complexity index is 863. The van der Waals surface area contributed by atoms with Gasteiger partial charge in [0, 0.05) is 11.1 Å². The second-order valence-corrected chi connectivity index (χ2v) is 5.79. The summed E-state index contributed by atoms with van der Waals surface area (Å²) < 4.78 is 5.64. The molecule has 4 heteroatoms. The summed E-state index contributed by atoms with van der Waals surface area (Å²) in [6.07, 6.45) is 1.16. The Kier molecular flexibility index (Phi) is 2.71. The van der Waals surface area contributed by atoms with Crippen LogP contribution in [0, 0.1) is 5.92 Å². The van der Waals surface area contributed by atoms with Gasteiger partial charge in [0.1, 0.15) is 6.10 Å². The minimum absolute atomic E-state index is 0.110. The molecular weight excluding hydrogens is 280 g/mol. The van der Waals surface area contributed by atoms with Crippen molar-refractivity contribution in [2.45, 2.75) is 19.6 Å². The predicted molar refractivity (Wildman–Crippen MR) is 80.3 cm³/mol. The first-order valence-electron chi connectivity index (χ1n) is 7.19. The van der Waals surface area contributed by atoms with Crippen LogP contribution in [0.2, 0.25) is 0 Å². The third-order valence-corrected chi connectivity index (χ3v) is 4.59. The smallest absolute Gasteiger partial charge is 0.230 e. The van der Waals surface area contributed by atoms with E-state index in [-0.39, 0.29) is 6.61 Å². The maximum Gasteiger partial charge on any atom is 0.230 e. The van der Waals surface area contributed by atoms with E-state index in [1.165, 1.54) is 0 Å². The van der Waals surface area contributed by atoms with Gasteiger partial charge in [0.25, 0.3) is 0 Å². The van der Waals surface area contributed by atoms with Gasteiger partial charge >= 0.3 is 0 Å². The molecule has 1 aliphatic heterocycles. The molecule has 2 aromatic rings. The monoisotopic (exact) mass is 294 g/mol. The summed E-state index contributed by atoms with van der Waals surface area (Å²) in [6.45, 7) is 1.70. The first-order valence-corrected chi connectivity index (χ1v) is 7.19. The molecule has 1 heterocycles. The zero-order valence-corrected chi connectivity index (χ0v) is 12.0. The van der Waals surface area contributed by atoms with Crippen molar-refractivity contribution in [2.75, 3.05) is 0 Å². The lowest BCUT2D eigenvalue weighted by atomic mass is 9.76. The molecule has 110 valence electrons. The lowest BCUT2D eigenvalue weighted by molar-refractivity contribution is -0.120. The van der Waals surface area contributed by atoms with Crippen LogP contribution in [0.15, 0.2) is 42.2 Å². The van der Waals surface area contributed by atoms with Crippen LogP contribution in [0.25, 0.3) is 10.8 Å². The third-order valence-electron chi connectivity index (χ3n) is 4.59. The van der Waals surface area contributed by atoms with Crippen molar-refractivity contribution in [1.82, 2.24) is 0 Å².